The zero-order valence-electron chi connectivity index (χ0n) is 13.6. The average molecular weight is 359 g/mol. The number of aromatic amines is 1. The number of thiazole rings is 1. The van der Waals surface area contributed by atoms with Crippen molar-refractivity contribution >= 4 is 17.2 Å². The molecule has 0 unspecified atom stereocenters. The summed E-state index contributed by atoms with van der Waals surface area (Å²) in [6.45, 7) is 2.73. The van der Waals surface area contributed by atoms with Crippen LogP contribution in [0.2, 0.25) is 0 Å². The fourth-order valence-corrected chi connectivity index (χ4v) is 3.42. The van der Waals surface area contributed by atoms with Gasteiger partial charge in [-0.3, -0.25) is 9.89 Å². The van der Waals surface area contributed by atoms with Crippen molar-refractivity contribution in [1.82, 2.24) is 34.8 Å². The third-order valence-corrected chi connectivity index (χ3v) is 5.20. The molecule has 0 spiro atoms. The molecule has 130 valence electrons. The number of H-pyrrole nitrogens is 1. The van der Waals surface area contributed by atoms with Crippen molar-refractivity contribution in [2.45, 2.75) is 32.9 Å². The number of aromatic nitrogens is 6. The lowest BCUT2D eigenvalue weighted by Crippen LogP contribution is -2.24. The van der Waals surface area contributed by atoms with Crippen LogP contribution in [0.3, 0.4) is 0 Å². The highest BCUT2D eigenvalue weighted by Gasteiger charge is 2.24. The zero-order valence-corrected chi connectivity index (χ0v) is 14.4. The number of amides is 1. The van der Waals surface area contributed by atoms with E-state index in [1.807, 2.05) is 0 Å². The molecular formula is C15H17N7O2S. The Labute approximate surface area is 146 Å². The van der Waals surface area contributed by atoms with Gasteiger partial charge in [0, 0.05) is 12.7 Å². The minimum atomic E-state index is -0.234. The Kier molecular flexibility index (Phi) is 3.96. The summed E-state index contributed by atoms with van der Waals surface area (Å²) in [6, 6.07) is 1.79. The van der Waals surface area contributed by atoms with E-state index in [-0.39, 0.29) is 11.6 Å². The first-order valence-electron chi connectivity index (χ1n) is 8.01. The summed E-state index contributed by atoms with van der Waals surface area (Å²) in [6.07, 6.45) is 5.46. The molecule has 0 atom stereocenters. The first-order valence-corrected chi connectivity index (χ1v) is 8.82. The van der Waals surface area contributed by atoms with E-state index in [9.17, 15) is 9.59 Å². The molecule has 0 aromatic carbocycles. The molecule has 1 aliphatic carbocycles. The lowest BCUT2D eigenvalue weighted by molar-refractivity contribution is 0.0953. The van der Waals surface area contributed by atoms with Crippen LogP contribution in [0.15, 0.2) is 23.4 Å². The summed E-state index contributed by atoms with van der Waals surface area (Å²) < 4.78 is 2.86. The number of aryl methyl sites for hydroxylation is 1. The van der Waals surface area contributed by atoms with Crippen LogP contribution < -0.4 is 11.0 Å². The van der Waals surface area contributed by atoms with Gasteiger partial charge < -0.3 is 5.32 Å². The number of nitrogens with zero attached hydrogens (tertiary/aromatic N) is 5. The lowest BCUT2D eigenvalue weighted by Gasteiger charge is -2.00. The second-order valence-corrected chi connectivity index (χ2v) is 7.05. The molecule has 1 fully saturated rings. The van der Waals surface area contributed by atoms with Crippen molar-refractivity contribution in [3.63, 3.8) is 0 Å². The van der Waals surface area contributed by atoms with Crippen molar-refractivity contribution in [3.8, 4) is 5.13 Å². The summed E-state index contributed by atoms with van der Waals surface area (Å²) in [7, 11) is 0. The lowest BCUT2D eigenvalue weighted by atomic mass is 10.3. The third-order valence-electron chi connectivity index (χ3n) is 4.05. The molecule has 0 saturated heterocycles. The molecule has 3 aromatic rings. The van der Waals surface area contributed by atoms with E-state index in [1.165, 1.54) is 26.9 Å². The molecule has 9 nitrogen and oxygen atoms in total. The van der Waals surface area contributed by atoms with Gasteiger partial charge in [-0.2, -0.15) is 10.2 Å². The molecule has 0 bridgehead atoms. The molecule has 3 heterocycles. The second kappa shape index (κ2) is 6.28. The smallest absolute Gasteiger partial charge is 0.346 e. The summed E-state index contributed by atoms with van der Waals surface area (Å²) >= 11 is 1.18. The molecule has 0 radical (unpaired) electrons. The molecule has 1 aliphatic rings. The van der Waals surface area contributed by atoms with Gasteiger partial charge in [0.05, 0.1) is 17.9 Å². The van der Waals surface area contributed by atoms with E-state index >= 15 is 0 Å². The van der Waals surface area contributed by atoms with Crippen LogP contribution in [0.1, 0.15) is 33.9 Å². The van der Waals surface area contributed by atoms with Crippen molar-refractivity contribution in [3.05, 3.63) is 45.3 Å². The molecule has 10 heteroatoms. The molecular weight excluding hydrogens is 342 g/mol. The number of nitrogens with one attached hydrogen (secondary N) is 2. The normalized spacial score (nSPS) is 14.0. The Hall–Kier alpha value is -2.75. The van der Waals surface area contributed by atoms with Crippen LogP contribution in [0.4, 0.5) is 0 Å². The van der Waals surface area contributed by atoms with E-state index < -0.39 is 0 Å². The minimum Gasteiger partial charge on any atom is -0.346 e. The Morgan fingerprint density at radius 2 is 2.32 bits per heavy atom. The van der Waals surface area contributed by atoms with Gasteiger partial charge in [-0.05, 0) is 31.7 Å². The topological polar surface area (TPSA) is 110 Å². The van der Waals surface area contributed by atoms with Crippen LogP contribution in [-0.2, 0) is 13.1 Å². The van der Waals surface area contributed by atoms with Gasteiger partial charge in [-0.25, -0.2) is 19.0 Å². The second-order valence-electron chi connectivity index (χ2n) is 6.07. The Morgan fingerprint density at radius 1 is 1.48 bits per heavy atom. The molecule has 3 aromatic heterocycles. The largest absolute Gasteiger partial charge is 0.352 e. The van der Waals surface area contributed by atoms with Crippen molar-refractivity contribution in [1.29, 1.82) is 0 Å². The summed E-state index contributed by atoms with van der Waals surface area (Å²) in [5.41, 5.74) is 1.11. The maximum Gasteiger partial charge on any atom is 0.352 e. The molecule has 4 rings (SSSR count). The molecule has 1 saturated carbocycles. The van der Waals surface area contributed by atoms with Crippen LogP contribution >= 0.6 is 11.3 Å². The Morgan fingerprint density at radius 3 is 3.04 bits per heavy atom. The van der Waals surface area contributed by atoms with E-state index in [4.69, 9.17) is 0 Å². The van der Waals surface area contributed by atoms with Gasteiger partial charge >= 0.3 is 5.69 Å². The highest BCUT2D eigenvalue weighted by atomic mass is 32.1. The monoisotopic (exact) mass is 359 g/mol. The van der Waals surface area contributed by atoms with E-state index in [1.54, 1.807) is 19.2 Å². The van der Waals surface area contributed by atoms with Crippen molar-refractivity contribution in [2.24, 2.45) is 5.92 Å². The van der Waals surface area contributed by atoms with Crippen molar-refractivity contribution < 1.29 is 4.79 Å². The van der Waals surface area contributed by atoms with Crippen LogP contribution in [-0.4, -0.2) is 35.4 Å². The number of hydrogen-bond acceptors (Lipinski definition) is 6. The zero-order chi connectivity index (χ0) is 17.4. The fourth-order valence-electron chi connectivity index (χ4n) is 2.47. The quantitative estimate of drug-likeness (QED) is 0.678. The van der Waals surface area contributed by atoms with Gasteiger partial charge in [-0.15, -0.1) is 0 Å². The highest BCUT2D eigenvalue weighted by Crippen LogP contribution is 2.29. The minimum absolute atomic E-state index is 0.218. The Bertz CT molecular complexity index is 949. The number of hydrogen-bond donors (Lipinski definition) is 2. The first-order chi connectivity index (χ1) is 12.1. The standard InChI is InChI=1S/C15H17N7O2S/c1-9-12(13(23)16-6-11-4-5-17-20-11)25-14(19-9)21-8-18-22(15(21)24)7-10-2-3-10/h4-5,8,10H,2-3,6-7H2,1H3,(H,16,23)(H,17,20). The predicted molar refractivity (Wildman–Crippen MR) is 90.7 cm³/mol. The highest BCUT2D eigenvalue weighted by molar-refractivity contribution is 7.16. The summed E-state index contributed by atoms with van der Waals surface area (Å²) in [5, 5.41) is 14.1. The number of carbonyl (C=O) groups is 1. The van der Waals surface area contributed by atoms with Gasteiger partial charge in [0.1, 0.15) is 11.2 Å². The molecule has 1 amide bonds. The van der Waals surface area contributed by atoms with Crippen LogP contribution in [0.25, 0.3) is 5.13 Å². The number of rotatable bonds is 6. The van der Waals surface area contributed by atoms with E-state index in [0.29, 0.717) is 34.7 Å². The van der Waals surface area contributed by atoms with Gasteiger partial charge in [-0.1, -0.05) is 11.3 Å². The Balaban J connectivity index is 1.52. The van der Waals surface area contributed by atoms with E-state index in [2.05, 4.69) is 25.6 Å². The van der Waals surface area contributed by atoms with Gasteiger partial charge in [0.15, 0.2) is 5.13 Å². The maximum absolute atomic E-state index is 12.4. The average Bonchev–Trinajstić information content (AvgIpc) is 2.97. The maximum atomic E-state index is 12.4. The third kappa shape index (κ3) is 3.25. The van der Waals surface area contributed by atoms with Gasteiger partial charge in [0.2, 0.25) is 0 Å². The molecule has 0 aliphatic heterocycles. The summed E-state index contributed by atoms with van der Waals surface area (Å²) in [5.74, 6) is 0.324. The number of carbonyl (C=O) groups excluding carboxylic acids is 1. The summed E-state index contributed by atoms with van der Waals surface area (Å²) in [4.78, 5) is 29.6. The van der Waals surface area contributed by atoms with E-state index in [0.717, 1.165) is 18.5 Å². The van der Waals surface area contributed by atoms with Crippen molar-refractivity contribution in [2.75, 3.05) is 0 Å². The fraction of sp³-hybridized carbons (Fsp3) is 0.400. The molecule has 25 heavy (non-hydrogen) atoms. The van der Waals surface area contributed by atoms with Gasteiger partial charge in [0.25, 0.3) is 5.91 Å². The first kappa shape index (κ1) is 15.8. The molecule has 2 N–H and O–H groups in total. The predicted octanol–water partition coefficient (Wildman–Crippen LogP) is 0.862. The SMILES string of the molecule is Cc1nc(-n2cnn(CC3CC3)c2=O)sc1C(=O)NCc1cc[nH]n1. The van der Waals surface area contributed by atoms with Crippen LogP contribution in [0.5, 0.6) is 0 Å². The van der Waals surface area contributed by atoms with Crippen LogP contribution in [0, 0.1) is 12.8 Å².